The first-order chi connectivity index (χ1) is 15.3. The topological polar surface area (TPSA) is 115 Å². The summed E-state index contributed by atoms with van der Waals surface area (Å²) in [4.78, 5) is 25.9. The van der Waals surface area contributed by atoms with Crippen molar-refractivity contribution in [3.63, 3.8) is 0 Å². The van der Waals surface area contributed by atoms with Crippen molar-refractivity contribution in [2.24, 2.45) is 0 Å². The van der Waals surface area contributed by atoms with Crippen LogP contribution in [0.4, 0.5) is 24.5 Å². The van der Waals surface area contributed by atoms with Gasteiger partial charge in [0.2, 0.25) is 0 Å². The van der Waals surface area contributed by atoms with Crippen molar-refractivity contribution >= 4 is 21.2 Å². The van der Waals surface area contributed by atoms with Crippen LogP contribution in [0, 0.1) is 17.0 Å². The van der Waals surface area contributed by atoms with Crippen LogP contribution in [0.1, 0.15) is 16.8 Å². The van der Waals surface area contributed by atoms with Crippen LogP contribution >= 0.6 is 0 Å². The van der Waals surface area contributed by atoms with Crippen molar-refractivity contribution < 1.29 is 26.5 Å². The van der Waals surface area contributed by atoms with Crippen LogP contribution in [0.25, 0.3) is 0 Å². The van der Waals surface area contributed by atoms with E-state index >= 15 is 0 Å². The van der Waals surface area contributed by atoms with Gasteiger partial charge in [0.25, 0.3) is 11.2 Å². The minimum absolute atomic E-state index is 0.0468. The van der Waals surface area contributed by atoms with E-state index in [4.69, 9.17) is 0 Å². The van der Waals surface area contributed by atoms with Gasteiger partial charge < -0.3 is 0 Å². The fraction of sp³-hybridized carbons (Fsp3) is 0.200. The molecule has 33 heavy (non-hydrogen) atoms. The number of hydrogen-bond donors (Lipinski definition) is 0. The van der Waals surface area contributed by atoms with Crippen LogP contribution in [0.2, 0.25) is 0 Å². The van der Waals surface area contributed by atoms with Crippen LogP contribution in [0.15, 0.2) is 64.5 Å². The minimum Gasteiger partial charge on any atom is -0.272 e. The summed E-state index contributed by atoms with van der Waals surface area (Å²) in [5.74, 6) is 0. The summed E-state index contributed by atoms with van der Waals surface area (Å²) in [5.41, 5.74) is -2.48. The van der Waals surface area contributed by atoms with Crippen molar-refractivity contribution in [1.82, 2.24) is 9.66 Å². The van der Waals surface area contributed by atoms with Crippen molar-refractivity contribution in [1.29, 1.82) is 0 Å². The number of rotatable bonds is 6. The molecular weight excluding hydrogens is 465 g/mol. The summed E-state index contributed by atoms with van der Waals surface area (Å²) >= 11 is 0. The number of alkyl halides is 3. The van der Waals surface area contributed by atoms with Crippen LogP contribution in [0.3, 0.4) is 0 Å². The zero-order chi connectivity index (χ0) is 24.6. The number of aromatic nitrogens is 2. The largest absolute Gasteiger partial charge is 0.433 e. The van der Waals surface area contributed by atoms with Gasteiger partial charge >= 0.3 is 6.18 Å². The molecule has 0 fully saturated rings. The van der Waals surface area contributed by atoms with Crippen LogP contribution in [0.5, 0.6) is 0 Å². The Morgan fingerprint density at radius 1 is 1.15 bits per heavy atom. The number of nitro benzene ring substituents is 1. The van der Waals surface area contributed by atoms with E-state index in [1.807, 2.05) is 0 Å². The molecule has 0 spiro atoms. The second-order valence-electron chi connectivity index (χ2n) is 7.09. The monoisotopic (exact) mass is 482 g/mol. The molecule has 0 radical (unpaired) electrons. The first-order valence-electron chi connectivity index (χ1n) is 9.26. The molecule has 2 aromatic carbocycles. The summed E-state index contributed by atoms with van der Waals surface area (Å²) in [5, 5.41) is 12.6. The van der Waals surface area contributed by atoms with Crippen molar-refractivity contribution in [2.45, 2.75) is 24.5 Å². The first-order valence-corrected chi connectivity index (χ1v) is 11.2. The zero-order valence-electron chi connectivity index (χ0n) is 17.3. The fourth-order valence-corrected chi connectivity index (χ4v) is 4.51. The Labute approximate surface area is 185 Å². The molecule has 0 aliphatic heterocycles. The van der Waals surface area contributed by atoms with E-state index in [9.17, 15) is 36.5 Å². The second kappa shape index (κ2) is 8.65. The molecule has 174 valence electrons. The predicted molar refractivity (Wildman–Crippen MR) is 112 cm³/mol. The van der Waals surface area contributed by atoms with Gasteiger partial charge in [-0.2, -0.15) is 13.2 Å². The molecule has 0 aliphatic carbocycles. The van der Waals surface area contributed by atoms with Gasteiger partial charge in [-0.15, -0.1) is 0 Å². The quantitative estimate of drug-likeness (QED) is 0.391. The average Bonchev–Trinajstić information content (AvgIpc) is 2.71. The van der Waals surface area contributed by atoms with Gasteiger partial charge in [0, 0.05) is 18.4 Å². The molecule has 0 amide bonds. The lowest BCUT2D eigenvalue weighted by atomic mass is 10.1. The smallest absolute Gasteiger partial charge is 0.272 e. The third-order valence-corrected chi connectivity index (χ3v) is 5.98. The Hall–Kier alpha value is -3.74. The Bertz CT molecular complexity index is 1370. The van der Waals surface area contributed by atoms with Crippen LogP contribution in [-0.4, -0.2) is 29.3 Å². The molecule has 0 unspecified atom stereocenters. The molecule has 1 aromatic heterocycles. The SMILES string of the molecule is Cc1c(N(Cc2ccccc2)n2cnc(C(F)(F)F)cc2=O)ccc([N+](=O)[O-])c1S(C)(=O)=O. The molecule has 13 heteroatoms. The van der Waals surface area contributed by atoms with E-state index in [0.717, 1.165) is 17.0 Å². The van der Waals surface area contributed by atoms with Gasteiger partial charge in [-0.25, -0.2) is 18.1 Å². The maximum Gasteiger partial charge on any atom is 0.433 e. The fourth-order valence-electron chi connectivity index (χ4n) is 3.32. The Morgan fingerprint density at radius 3 is 2.30 bits per heavy atom. The number of nitro groups is 1. The standard InChI is InChI=1S/C20H17F3N4O5S/c1-13-15(8-9-16(27(29)30)19(13)33(2,31)32)25(11-14-6-4-3-5-7-14)26-12-24-17(10-18(26)28)20(21,22)23/h3-10,12H,11H2,1-2H3. The predicted octanol–water partition coefficient (Wildman–Crippen LogP) is 3.35. The van der Waals surface area contributed by atoms with E-state index in [0.29, 0.717) is 18.0 Å². The number of hydrogen-bond acceptors (Lipinski definition) is 7. The lowest BCUT2D eigenvalue weighted by Gasteiger charge is -2.28. The molecule has 0 N–H and O–H groups in total. The number of benzene rings is 2. The second-order valence-corrected chi connectivity index (χ2v) is 9.04. The van der Waals surface area contributed by atoms with E-state index < -0.39 is 42.8 Å². The van der Waals surface area contributed by atoms with Crippen LogP contribution < -0.4 is 10.6 Å². The molecule has 0 saturated carbocycles. The van der Waals surface area contributed by atoms with E-state index in [-0.39, 0.29) is 17.8 Å². The number of sulfone groups is 1. The van der Waals surface area contributed by atoms with Crippen molar-refractivity contribution in [3.05, 3.63) is 92.1 Å². The molecule has 0 bridgehead atoms. The number of nitrogens with zero attached hydrogens (tertiary/aromatic N) is 4. The van der Waals surface area contributed by atoms with Gasteiger partial charge in [-0.3, -0.25) is 19.9 Å². The van der Waals surface area contributed by atoms with Gasteiger partial charge in [0.15, 0.2) is 15.5 Å². The maximum absolute atomic E-state index is 13.0. The van der Waals surface area contributed by atoms with Gasteiger partial charge in [-0.05, 0) is 24.1 Å². The number of anilines is 1. The lowest BCUT2D eigenvalue weighted by Crippen LogP contribution is -2.39. The molecule has 0 saturated heterocycles. The minimum atomic E-state index is -4.84. The molecule has 3 rings (SSSR count). The summed E-state index contributed by atoms with van der Waals surface area (Å²) in [6.45, 7) is 1.24. The Kier molecular flexibility index (Phi) is 6.27. The summed E-state index contributed by atoms with van der Waals surface area (Å²) < 4.78 is 64.4. The van der Waals surface area contributed by atoms with E-state index in [1.54, 1.807) is 30.3 Å². The Morgan fingerprint density at radius 2 is 1.79 bits per heavy atom. The lowest BCUT2D eigenvalue weighted by molar-refractivity contribution is -0.387. The molecule has 1 heterocycles. The van der Waals surface area contributed by atoms with E-state index in [2.05, 4.69) is 4.98 Å². The summed E-state index contributed by atoms with van der Waals surface area (Å²) in [7, 11) is -4.08. The highest BCUT2D eigenvalue weighted by molar-refractivity contribution is 7.91. The first kappa shape index (κ1) is 23.9. The third-order valence-electron chi connectivity index (χ3n) is 4.72. The Balaban J connectivity index is 2.28. The highest BCUT2D eigenvalue weighted by Gasteiger charge is 2.34. The van der Waals surface area contributed by atoms with Gasteiger partial charge in [0.05, 0.1) is 17.2 Å². The third kappa shape index (κ3) is 5.03. The zero-order valence-corrected chi connectivity index (χ0v) is 18.1. The maximum atomic E-state index is 13.0. The van der Waals surface area contributed by atoms with E-state index in [1.165, 1.54) is 18.0 Å². The van der Waals surface area contributed by atoms with Crippen LogP contribution in [-0.2, 0) is 22.6 Å². The molecule has 0 aliphatic rings. The average molecular weight is 482 g/mol. The van der Waals surface area contributed by atoms with Crippen molar-refractivity contribution in [2.75, 3.05) is 11.3 Å². The highest BCUT2D eigenvalue weighted by atomic mass is 32.2. The highest BCUT2D eigenvalue weighted by Crippen LogP contribution is 2.35. The van der Waals surface area contributed by atoms with Gasteiger partial charge in [0.1, 0.15) is 11.2 Å². The summed E-state index contributed by atoms with van der Waals surface area (Å²) in [6.07, 6.45) is -3.36. The molecule has 0 atom stereocenters. The van der Waals surface area contributed by atoms with Crippen molar-refractivity contribution in [3.8, 4) is 0 Å². The molecule has 9 nitrogen and oxygen atoms in total. The molecular formula is C20H17F3N4O5S. The summed E-state index contributed by atoms with van der Waals surface area (Å²) in [6, 6.07) is 11.0. The van der Waals surface area contributed by atoms with Gasteiger partial charge in [-0.1, -0.05) is 30.3 Å². The normalized spacial score (nSPS) is 11.9. The number of halogens is 3. The molecule has 3 aromatic rings.